The molecule has 56 heavy (non-hydrogen) atoms. The highest BCUT2D eigenvalue weighted by Crippen LogP contribution is 2.39. The first-order chi connectivity index (χ1) is 27.8. The van der Waals surface area contributed by atoms with Gasteiger partial charge in [0.25, 0.3) is 0 Å². The molecule has 9 rings (SSSR count). The van der Waals surface area contributed by atoms with E-state index in [0.717, 1.165) is 61.2 Å². The van der Waals surface area contributed by atoms with Gasteiger partial charge in [-0.05, 0) is 74.4 Å². The van der Waals surface area contributed by atoms with E-state index < -0.39 is 0 Å². The van der Waals surface area contributed by atoms with Crippen LogP contribution in [0.4, 0.5) is 0 Å². The lowest BCUT2D eigenvalue weighted by Gasteiger charge is -2.18. The van der Waals surface area contributed by atoms with Gasteiger partial charge in [-0.25, -0.2) is 15.0 Å². The molecule has 0 amide bonds. The molecule has 0 unspecified atom stereocenters. The van der Waals surface area contributed by atoms with Crippen LogP contribution in [0.25, 0.3) is 67.6 Å². The maximum atomic E-state index is 5.07. The standard InChI is InChI=1S/C52H36N4/c1-6-17-38(18-7-1)48(39-19-8-2-9-20-39)49(40-21-10-3-11-22-40)41-30-28-37(29-31-41)45-33-46(44-27-16-32-53-36-44)35-47(34-45)52-55-50(42-23-12-4-13-24-42)54-51(56-52)43-25-14-5-15-26-43/h1-36H. The second kappa shape index (κ2) is 15.8. The third-order valence-corrected chi connectivity index (χ3v) is 9.83. The van der Waals surface area contributed by atoms with E-state index in [2.05, 4.69) is 145 Å². The van der Waals surface area contributed by atoms with Crippen molar-refractivity contribution in [2.24, 2.45) is 0 Å². The predicted molar refractivity (Wildman–Crippen MR) is 229 cm³/mol. The number of hydrogen-bond donors (Lipinski definition) is 0. The second-order valence-electron chi connectivity index (χ2n) is 13.5. The molecule has 2 heterocycles. The average molecular weight is 717 g/mol. The summed E-state index contributed by atoms with van der Waals surface area (Å²) < 4.78 is 0. The largest absolute Gasteiger partial charge is 0.264 e. The van der Waals surface area contributed by atoms with Crippen molar-refractivity contribution in [1.29, 1.82) is 0 Å². The molecule has 9 aromatic rings. The Morgan fingerprint density at radius 2 is 0.625 bits per heavy atom. The van der Waals surface area contributed by atoms with Crippen molar-refractivity contribution in [2.75, 3.05) is 0 Å². The highest BCUT2D eigenvalue weighted by atomic mass is 15.0. The zero-order valence-corrected chi connectivity index (χ0v) is 30.6. The van der Waals surface area contributed by atoms with Crippen LogP contribution in [0.1, 0.15) is 22.3 Å². The number of pyridine rings is 1. The summed E-state index contributed by atoms with van der Waals surface area (Å²) in [5.41, 5.74) is 13.9. The monoisotopic (exact) mass is 716 g/mol. The van der Waals surface area contributed by atoms with Crippen LogP contribution in [0.15, 0.2) is 219 Å². The van der Waals surface area contributed by atoms with Crippen molar-refractivity contribution in [3.63, 3.8) is 0 Å². The molecule has 2 aromatic heterocycles. The summed E-state index contributed by atoms with van der Waals surface area (Å²) in [6.07, 6.45) is 3.70. The van der Waals surface area contributed by atoms with E-state index in [-0.39, 0.29) is 0 Å². The summed E-state index contributed by atoms with van der Waals surface area (Å²) in [7, 11) is 0. The molecular weight excluding hydrogens is 681 g/mol. The summed E-state index contributed by atoms with van der Waals surface area (Å²) in [5.74, 6) is 1.85. The number of hydrogen-bond acceptors (Lipinski definition) is 4. The minimum atomic E-state index is 0.603. The van der Waals surface area contributed by atoms with E-state index in [1.807, 2.05) is 72.9 Å². The topological polar surface area (TPSA) is 51.6 Å². The Bertz CT molecular complexity index is 2640. The Kier molecular flexibility index (Phi) is 9.66. The lowest BCUT2D eigenvalue weighted by molar-refractivity contribution is 1.07. The minimum absolute atomic E-state index is 0.603. The molecular formula is C52H36N4. The average Bonchev–Trinajstić information content (AvgIpc) is 3.29. The number of benzene rings is 7. The van der Waals surface area contributed by atoms with E-state index in [9.17, 15) is 0 Å². The molecule has 0 aliphatic rings. The highest BCUT2D eigenvalue weighted by molar-refractivity contribution is 6.04. The maximum Gasteiger partial charge on any atom is 0.164 e. The van der Waals surface area contributed by atoms with Gasteiger partial charge < -0.3 is 0 Å². The van der Waals surface area contributed by atoms with Gasteiger partial charge in [0.2, 0.25) is 0 Å². The molecule has 0 aliphatic heterocycles. The smallest absolute Gasteiger partial charge is 0.164 e. The molecule has 0 spiro atoms. The lowest BCUT2D eigenvalue weighted by Crippen LogP contribution is -2.00. The zero-order valence-electron chi connectivity index (χ0n) is 30.6. The second-order valence-corrected chi connectivity index (χ2v) is 13.5. The van der Waals surface area contributed by atoms with Crippen molar-refractivity contribution in [2.45, 2.75) is 0 Å². The van der Waals surface area contributed by atoms with E-state index >= 15 is 0 Å². The first-order valence-corrected chi connectivity index (χ1v) is 18.7. The van der Waals surface area contributed by atoms with Crippen LogP contribution in [-0.2, 0) is 0 Å². The molecule has 4 heteroatoms. The maximum absolute atomic E-state index is 5.07. The number of nitrogens with zero attached hydrogens (tertiary/aromatic N) is 4. The van der Waals surface area contributed by atoms with Gasteiger partial charge in [-0.1, -0.05) is 182 Å². The van der Waals surface area contributed by atoms with Gasteiger partial charge in [0.05, 0.1) is 0 Å². The quantitative estimate of drug-likeness (QED) is 0.140. The first-order valence-electron chi connectivity index (χ1n) is 18.7. The van der Waals surface area contributed by atoms with Crippen molar-refractivity contribution in [3.05, 3.63) is 241 Å². The number of rotatable bonds is 9. The van der Waals surface area contributed by atoms with Crippen LogP contribution >= 0.6 is 0 Å². The van der Waals surface area contributed by atoms with Gasteiger partial charge in [0.1, 0.15) is 0 Å². The van der Waals surface area contributed by atoms with E-state index in [1.165, 1.54) is 11.1 Å². The Morgan fingerprint density at radius 3 is 1.05 bits per heavy atom. The molecule has 0 bridgehead atoms. The fourth-order valence-electron chi connectivity index (χ4n) is 7.12. The fraction of sp³-hybridized carbons (Fsp3) is 0. The SMILES string of the molecule is c1ccc(C(=C(c2ccccc2)c2ccc(-c3cc(-c4cccnc4)cc(-c4nc(-c5ccccc5)nc(-c5ccccc5)n4)c3)cc2)c2ccccc2)cc1. The molecule has 264 valence electrons. The predicted octanol–water partition coefficient (Wildman–Crippen LogP) is 12.6. The molecule has 0 fully saturated rings. The summed E-state index contributed by atoms with van der Waals surface area (Å²) >= 11 is 0. The number of aromatic nitrogens is 4. The summed E-state index contributed by atoms with van der Waals surface area (Å²) in [6.45, 7) is 0. The van der Waals surface area contributed by atoms with E-state index in [1.54, 1.807) is 6.20 Å². The molecule has 0 N–H and O–H groups in total. The van der Waals surface area contributed by atoms with Gasteiger partial charge in [0, 0.05) is 34.6 Å². The Balaban J connectivity index is 1.21. The summed E-state index contributed by atoms with van der Waals surface area (Å²) in [6, 6.07) is 71.7. The Labute approximate surface area is 327 Å². The van der Waals surface area contributed by atoms with Crippen LogP contribution in [0.3, 0.4) is 0 Å². The molecule has 0 radical (unpaired) electrons. The van der Waals surface area contributed by atoms with Crippen molar-refractivity contribution in [1.82, 2.24) is 19.9 Å². The molecule has 4 nitrogen and oxygen atoms in total. The van der Waals surface area contributed by atoms with Crippen LogP contribution in [0, 0.1) is 0 Å². The van der Waals surface area contributed by atoms with Crippen LogP contribution in [-0.4, -0.2) is 19.9 Å². The molecule has 7 aromatic carbocycles. The van der Waals surface area contributed by atoms with Gasteiger partial charge in [-0.15, -0.1) is 0 Å². The summed E-state index contributed by atoms with van der Waals surface area (Å²) in [4.78, 5) is 19.5. The lowest BCUT2D eigenvalue weighted by atomic mass is 9.85. The Hall–Kier alpha value is -7.56. The van der Waals surface area contributed by atoms with E-state index in [4.69, 9.17) is 15.0 Å². The summed E-state index contributed by atoms with van der Waals surface area (Å²) in [5, 5.41) is 0. The molecule has 0 saturated carbocycles. The van der Waals surface area contributed by atoms with Crippen LogP contribution in [0.5, 0.6) is 0 Å². The van der Waals surface area contributed by atoms with Crippen molar-refractivity contribution < 1.29 is 0 Å². The van der Waals surface area contributed by atoms with E-state index in [0.29, 0.717) is 17.5 Å². The fourth-order valence-corrected chi connectivity index (χ4v) is 7.12. The molecule has 0 aliphatic carbocycles. The Morgan fingerprint density at radius 1 is 0.268 bits per heavy atom. The van der Waals surface area contributed by atoms with Gasteiger partial charge in [-0.3, -0.25) is 4.98 Å². The first kappa shape index (κ1) is 34.2. The van der Waals surface area contributed by atoms with Gasteiger partial charge >= 0.3 is 0 Å². The zero-order chi connectivity index (χ0) is 37.5. The van der Waals surface area contributed by atoms with Crippen molar-refractivity contribution >= 4 is 11.1 Å². The molecule has 0 saturated heterocycles. The minimum Gasteiger partial charge on any atom is -0.264 e. The highest BCUT2D eigenvalue weighted by Gasteiger charge is 2.18. The van der Waals surface area contributed by atoms with Crippen LogP contribution in [0.2, 0.25) is 0 Å². The van der Waals surface area contributed by atoms with Crippen molar-refractivity contribution in [3.8, 4) is 56.4 Å². The van der Waals surface area contributed by atoms with Gasteiger partial charge in [0.15, 0.2) is 17.5 Å². The normalized spacial score (nSPS) is 10.9. The third kappa shape index (κ3) is 7.32. The van der Waals surface area contributed by atoms with Crippen LogP contribution < -0.4 is 0 Å². The third-order valence-electron chi connectivity index (χ3n) is 9.83. The van der Waals surface area contributed by atoms with Gasteiger partial charge in [-0.2, -0.15) is 0 Å². The molecule has 0 atom stereocenters.